The first-order valence-corrected chi connectivity index (χ1v) is 10.2. The van der Waals surface area contributed by atoms with Crippen LogP contribution in [0.1, 0.15) is 39.2 Å². The lowest BCUT2D eigenvalue weighted by Gasteiger charge is -2.36. The fourth-order valence-corrected chi connectivity index (χ4v) is 4.43. The van der Waals surface area contributed by atoms with Crippen molar-refractivity contribution in [3.8, 4) is 0 Å². The van der Waals surface area contributed by atoms with Gasteiger partial charge < -0.3 is 20.5 Å². The predicted octanol–water partition coefficient (Wildman–Crippen LogP) is 1.73. The lowest BCUT2D eigenvalue weighted by Crippen LogP contribution is -2.65. The maximum Gasteiger partial charge on any atom is 0.246 e. The van der Waals surface area contributed by atoms with Gasteiger partial charge in [0.05, 0.1) is 6.04 Å². The fourth-order valence-electron chi connectivity index (χ4n) is 4.43. The highest BCUT2D eigenvalue weighted by Gasteiger charge is 2.48. The van der Waals surface area contributed by atoms with Crippen molar-refractivity contribution in [3.05, 3.63) is 36.0 Å². The summed E-state index contributed by atoms with van der Waals surface area (Å²) >= 11 is 0. The molecule has 0 radical (unpaired) electrons. The molecule has 0 aliphatic carbocycles. The molecule has 1 aromatic carbocycles. The van der Waals surface area contributed by atoms with Crippen LogP contribution in [0.3, 0.4) is 0 Å². The van der Waals surface area contributed by atoms with Crippen molar-refractivity contribution < 1.29 is 14.4 Å². The van der Waals surface area contributed by atoms with Gasteiger partial charge in [-0.1, -0.05) is 39.0 Å². The van der Waals surface area contributed by atoms with Gasteiger partial charge in [0.15, 0.2) is 0 Å². The Balaban J connectivity index is 1.46. The lowest BCUT2D eigenvalue weighted by atomic mass is 9.91. The number of hydrogen-bond donors (Lipinski definition) is 3. The van der Waals surface area contributed by atoms with E-state index in [2.05, 4.69) is 15.6 Å². The third-order valence-electron chi connectivity index (χ3n) is 5.70. The smallest absolute Gasteiger partial charge is 0.246 e. The Labute approximate surface area is 170 Å². The van der Waals surface area contributed by atoms with E-state index in [0.717, 1.165) is 16.5 Å². The predicted molar refractivity (Wildman–Crippen MR) is 110 cm³/mol. The van der Waals surface area contributed by atoms with E-state index < -0.39 is 12.1 Å². The first-order chi connectivity index (χ1) is 13.7. The molecule has 7 heteroatoms. The molecule has 7 nitrogen and oxygen atoms in total. The molecular weight excluding hydrogens is 368 g/mol. The number of rotatable bonds is 4. The van der Waals surface area contributed by atoms with Crippen LogP contribution < -0.4 is 10.6 Å². The van der Waals surface area contributed by atoms with Gasteiger partial charge >= 0.3 is 0 Å². The topological polar surface area (TPSA) is 94.3 Å². The number of H-pyrrole nitrogens is 1. The summed E-state index contributed by atoms with van der Waals surface area (Å²) in [7, 11) is 0. The van der Waals surface area contributed by atoms with Crippen molar-refractivity contribution in [1.82, 2.24) is 20.5 Å². The second-order valence-electron chi connectivity index (χ2n) is 9.30. The number of carbonyl (C=O) groups excluding carboxylic acids is 3. The highest BCUT2D eigenvalue weighted by atomic mass is 16.2. The molecule has 2 saturated heterocycles. The van der Waals surface area contributed by atoms with E-state index in [0.29, 0.717) is 25.8 Å². The molecule has 3 unspecified atom stereocenters. The number of aromatic nitrogens is 1. The Morgan fingerprint density at radius 2 is 2.00 bits per heavy atom. The minimum absolute atomic E-state index is 0.0764. The first kappa shape index (κ1) is 19.5. The number of carbonyl (C=O) groups is 3. The van der Waals surface area contributed by atoms with E-state index in [1.807, 2.05) is 51.2 Å². The van der Waals surface area contributed by atoms with E-state index in [4.69, 9.17) is 0 Å². The Kier molecular flexibility index (Phi) is 4.84. The molecule has 4 rings (SSSR count). The summed E-state index contributed by atoms with van der Waals surface area (Å²) in [5.41, 5.74) is 1.89. The van der Waals surface area contributed by atoms with Crippen LogP contribution >= 0.6 is 0 Å². The van der Waals surface area contributed by atoms with Crippen molar-refractivity contribution in [1.29, 1.82) is 0 Å². The van der Waals surface area contributed by atoms with E-state index in [-0.39, 0.29) is 29.2 Å². The molecule has 154 valence electrons. The molecule has 3 heterocycles. The molecule has 0 spiro atoms. The average Bonchev–Trinajstić information content (AvgIpc) is 3.23. The normalized spacial score (nSPS) is 24.5. The molecule has 2 aliphatic heterocycles. The summed E-state index contributed by atoms with van der Waals surface area (Å²) in [6.45, 7) is 6.49. The Hall–Kier alpha value is -2.83. The maximum atomic E-state index is 13.1. The summed E-state index contributed by atoms with van der Waals surface area (Å²) in [6.07, 6.45) is 3.32. The maximum absolute atomic E-state index is 13.1. The average molecular weight is 396 g/mol. The number of nitrogens with zero attached hydrogens (tertiary/aromatic N) is 1. The zero-order chi connectivity index (χ0) is 20.8. The second-order valence-corrected chi connectivity index (χ2v) is 9.30. The van der Waals surface area contributed by atoms with Gasteiger partial charge in [-0.05, 0) is 23.5 Å². The van der Waals surface area contributed by atoms with E-state index in [1.54, 1.807) is 4.90 Å². The van der Waals surface area contributed by atoms with Crippen LogP contribution in [0.5, 0.6) is 0 Å². The number of amides is 3. The largest absolute Gasteiger partial charge is 0.361 e. The number of para-hydroxylation sites is 1. The van der Waals surface area contributed by atoms with Crippen molar-refractivity contribution in [3.63, 3.8) is 0 Å². The van der Waals surface area contributed by atoms with Crippen LogP contribution in [0.2, 0.25) is 0 Å². The molecule has 29 heavy (non-hydrogen) atoms. The van der Waals surface area contributed by atoms with Gasteiger partial charge in [-0.2, -0.15) is 0 Å². The van der Waals surface area contributed by atoms with E-state index in [1.165, 1.54) is 0 Å². The highest BCUT2D eigenvalue weighted by Crippen LogP contribution is 2.27. The zero-order valence-corrected chi connectivity index (χ0v) is 17.1. The quantitative estimate of drug-likeness (QED) is 0.735. The van der Waals surface area contributed by atoms with Crippen LogP contribution in [0.15, 0.2) is 30.5 Å². The second kappa shape index (κ2) is 7.21. The number of benzene rings is 1. The summed E-state index contributed by atoms with van der Waals surface area (Å²) in [5, 5.41) is 6.93. The van der Waals surface area contributed by atoms with Crippen molar-refractivity contribution >= 4 is 28.6 Å². The minimum Gasteiger partial charge on any atom is -0.361 e. The Morgan fingerprint density at radius 3 is 2.76 bits per heavy atom. The minimum atomic E-state index is -0.620. The molecule has 3 atom stereocenters. The molecule has 2 aliphatic rings. The Bertz CT molecular complexity index is 958. The van der Waals surface area contributed by atoms with Gasteiger partial charge in [0.1, 0.15) is 12.1 Å². The van der Waals surface area contributed by atoms with Crippen molar-refractivity contribution in [2.24, 2.45) is 5.41 Å². The zero-order valence-electron chi connectivity index (χ0n) is 17.1. The van der Waals surface area contributed by atoms with Crippen LogP contribution in [-0.2, 0) is 20.8 Å². The highest BCUT2D eigenvalue weighted by molar-refractivity contribution is 5.99. The number of aromatic amines is 1. The molecule has 0 bridgehead atoms. The summed E-state index contributed by atoms with van der Waals surface area (Å²) < 4.78 is 0. The van der Waals surface area contributed by atoms with Crippen LogP contribution in [0.4, 0.5) is 0 Å². The van der Waals surface area contributed by atoms with Gasteiger partial charge in [0, 0.05) is 36.5 Å². The van der Waals surface area contributed by atoms with Gasteiger partial charge in [-0.25, -0.2) is 0 Å². The third kappa shape index (κ3) is 3.86. The molecular formula is C22H28N4O3. The van der Waals surface area contributed by atoms with Crippen LogP contribution in [-0.4, -0.2) is 52.3 Å². The summed E-state index contributed by atoms with van der Waals surface area (Å²) in [6, 6.07) is 6.38. The van der Waals surface area contributed by atoms with Crippen LogP contribution in [0.25, 0.3) is 10.9 Å². The van der Waals surface area contributed by atoms with Crippen molar-refractivity contribution in [2.75, 3.05) is 6.54 Å². The molecule has 2 aromatic rings. The van der Waals surface area contributed by atoms with Crippen molar-refractivity contribution in [2.45, 2.75) is 58.2 Å². The van der Waals surface area contributed by atoms with Gasteiger partial charge in [0.25, 0.3) is 0 Å². The van der Waals surface area contributed by atoms with E-state index >= 15 is 0 Å². The van der Waals surface area contributed by atoms with Gasteiger partial charge in [-0.3, -0.25) is 14.4 Å². The molecule has 1 aromatic heterocycles. The number of hydrogen-bond acceptors (Lipinski definition) is 3. The molecule has 3 amide bonds. The monoisotopic (exact) mass is 396 g/mol. The standard InChI is InChI=1S/C22H28N4O3/c1-22(2,3)11-18(27)24-16-8-9-26-19(16)20(28)25-17(21(26)29)10-13-12-23-15-7-5-4-6-14(13)15/h4-7,12,16-17,19,23H,8-11H2,1-3H3,(H,24,27)(H,25,28). The fraction of sp³-hybridized carbons (Fsp3) is 0.500. The van der Waals surface area contributed by atoms with E-state index in [9.17, 15) is 14.4 Å². The number of fused-ring (bicyclic) bond motifs is 2. The molecule has 0 saturated carbocycles. The lowest BCUT2D eigenvalue weighted by molar-refractivity contribution is -0.147. The summed E-state index contributed by atoms with van der Waals surface area (Å²) in [4.78, 5) is 43.1. The third-order valence-corrected chi connectivity index (χ3v) is 5.70. The molecule has 2 fully saturated rings. The number of piperazine rings is 1. The Morgan fingerprint density at radius 1 is 1.24 bits per heavy atom. The first-order valence-electron chi connectivity index (χ1n) is 10.2. The molecule has 3 N–H and O–H groups in total. The number of nitrogens with one attached hydrogen (secondary N) is 3. The SMILES string of the molecule is CC(C)(C)CC(=O)NC1CCN2C(=O)C(Cc3c[nH]c4ccccc34)NC(=O)C12. The summed E-state index contributed by atoms with van der Waals surface area (Å²) in [5.74, 6) is -0.342. The van der Waals surface area contributed by atoms with Gasteiger partial charge in [0.2, 0.25) is 17.7 Å². The van der Waals surface area contributed by atoms with Crippen LogP contribution in [0, 0.1) is 5.41 Å². The van der Waals surface area contributed by atoms with Gasteiger partial charge in [-0.15, -0.1) is 0 Å².